The molecular weight excluding hydrogens is 426 g/mol. The topological polar surface area (TPSA) is 150 Å². The van der Waals surface area contributed by atoms with E-state index >= 15 is 0 Å². The minimum absolute atomic E-state index is 0.142. The van der Waals surface area contributed by atoms with Crippen molar-refractivity contribution in [3.63, 3.8) is 0 Å². The summed E-state index contributed by atoms with van der Waals surface area (Å²) in [6.45, 7) is 1.18. The number of nitrogens with one attached hydrogen (secondary N) is 1. The third-order valence-corrected chi connectivity index (χ3v) is 5.20. The van der Waals surface area contributed by atoms with E-state index in [4.69, 9.17) is 15.2 Å². The average Bonchev–Trinajstić information content (AvgIpc) is 3.23. The number of carbonyl (C=O) groups is 1. The fraction of sp³-hybridized carbons (Fsp3) is 0.136. The smallest absolute Gasteiger partial charge is 0.357 e. The molecule has 0 aliphatic carbocycles. The molecule has 5 rings (SSSR count). The Labute approximate surface area is 187 Å². The van der Waals surface area contributed by atoms with Gasteiger partial charge in [-0.25, -0.2) is 19.4 Å². The van der Waals surface area contributed by atoms with E-state index in [0.29, 0.717) is 58.3 Å². The summed E-state index contributed by atoms with van der Waals surface area (Å²) in [6.07, 6.45) is 6.01. The number of methoxy groups -OCH3 is 1. The number of nitrogens with two attached hydrogens (primary N) is 1. The van der Waals surface area contributed by atoms with Gasteiger partial charge >= 0.3 is 5.97 Å². The molecule has 0 unspecified atom stereocenters. The number of pyridine rings is 1. The van der Waals surface area contributed by atoms with E-state index in [0.717, 1.165) is 5.69 Å². The van der Waals surface area contributed by atoms with Crippen LogP contribution in [0.4, 0.5) is 5.69 Å². The molecule has 0 bridgehead atoms. The number of carboxylic acids is 1. The lowest BCUT2D eigenvalue weighted by molar-refractivity contribution is 0.0692. The molecule has 1 aromatic carbocycles. The van der Waals surface area contributed by atoms with Crippen LogP contribution in [0, 0.1) is 0 Å². The fourth-order valence-electron chi connectivity index (χ4n) is 3.69. The molecule has 0 fully saturated rings. The van der Waals surface area contributed by atoms with Crippen LogP contribution in [-0.4, -0.2) is 56.1 Å². The zero-order chi connectivity index (χ0) is 22.9. The number of nitrogens with zero attached hydrogens (tertiary/aromatic N) is 5. The highest BCUT2D eigenvalue weighted by molar-refractivity contribution is 6.02. The van der Waals surface area contributed by atoms with Crippen molar-refractivity contribution in [3.05, 3.63) is 66.3 Å². The standard InChI is InChI=1S/C22H19N7O4/c1-32-19-8-15-18(33-6-5-24-15)9-17(19)29-16-7-14(12(10-23)21-25-3-2-4-26-21)27-11-13(16)20(28-29)22(30)31/h2-4,7-11,24H,5-6,23H2,1H3,(H,30,31)/b12-10-. The van der Waals surface area contributed by atoms with Gasteiger partial charge in [-0.1, -0.05) is 0 Å². The van der Waals surface area contributed by atoms with Crippen LogP contribution in [0.25, 0.3) is 22.2 Å². The molecule has 4 heterocycles. The van der Waals surface area contributed by atoms with Crippen molar-refractivity contribution in [2.24, 2.45) is 5.73 Å². The summed E-state index contributed by atoms with van der Waals surface area (Å²) in [5.74, 6) is 0.325. The van der Waals surface area contributed by atoms with Crippen LogP contribution in [0.2, 0.25) is 0 Å². The van der Waals surface area contributed by atoms with Crippen molar-refractivity contribution < 1.29 is 19.4 Å². The minimum Gasteiger partial charge on any atom is -0.494 e. The highest BCUT2D eigenvalue weighted by atomic mass is 16.5. The van der Waals surface area contributed by atoms with Gasteiger partial charge in [0.05, 0.1) is 35.0 Å². The van der Waals surface area contributed by atoms with Gasteiger partial charge in [0, 0.05) is 43.5 Å². The zero-order valence-corrected chi connectivity index (χ0v) is 17.5. The molecule has 3 aromatic heterocycles. The number of carboxylic acid groups (broad SMARTS) is 1. The van der Waals surface area contributed by atoms with Crippen molar-refractivity contribution in [3.8, 4) is 17.2 Å². The number of aromatic carboxylic acids is 1. The molecule has 11 heteroatoms. The van der Waals surface area contributed by atoms with E-state index in [2.05, 4.69) is 25.4 Å². The van der Waals surface area contributed by atoms with E-state index in [1.54, 1.807) is 36.7 Å². The van der Waals surface area contributed by atoms with Gasteiger partial charge in [0.25, 0.3) is 0 Å². The molecule has 0 saturated carbocycles. The number of fused-ring (bicyclic) bond motifs is 2. The highest BCUT2D eigenvalue weighted by Crippen LogP contribution is 2.38. The first-order valence-electron chi connectivity index (χ1n) is 10.0. The number of aromatic nitrogens is 5. The Hall–Kier alpha value is -4.67. The largest absolute Gasteiger partial charge is 0.494 e. The first-order valence-corrected chi connectivity index (χ1v) is 10.0. The Balaban J connectivity index is 1.74. The molecular formula is C22H19N7O4. The Morgan fingerprint density at radius 1 is 1.27 bits per heavy atom. The van der Waals surface area contributed by atoms with E-state index in [1.807, 2.05) is 0 Å². The molecule has 0 radical (unpaired) electrons. The quantitative estimate of drug-likeness (QED) is 0.416. The summed E-state index contributed by atoms with van der Waals surface area (Å²) in [7, 11) is 1.54. The van der Waals surface area contributed by atoms with Crippen LogP contribution in [0.5, 0.6) is 11.5 Å². The Kier molecular flexibility index (Phi) is 4.98. The number of hydrogen-bond acceptors (Lipinski definition) is 9. The minimum atomic E-state index is -1.18. The molecule has 0 atom stereocenters. The summed E-state index contributed by atoms with van der Waals surface area (Å²) in [6, 6.07) is 6.95. The van der Waals surface area contributed by atoms with E-state index in [1.165, 1.54) is 24.2 Å². The van der Waals surface area contributed by atoms with Gasteiger partial charge < -0.3 is 25.6 Å². The van der Waals surface area contributed by atoms with Crippen LogP contribution in [0.3, 0.4) is 0 Å². The van der Waals surface area contributed by atoms with Crippen LogP contribution >= 0.6 is 0 Å². The first kappa shape index (κ1) is 20.2. The Morgan fingerprint density at radius 2 is 2.09 bits per heavy atom. The van der Waals surface area contributed by atoms with E-state index in [9.17, 15) is 9.90 Å². The van der Waals surface area contributed by atoms with Crippen molar-refractivity contribution >= 4 is 28.1 Å². The summed E-state index contributed by atoms with van der Waals surface area (Å²) in [4.78, 5) is 24.8. The molecule has 1 aliphatic heterocycles. The monoisotopic (exact) mass is 445 g/mol. The fourth-order valence-corrected chi connectivity index (χ4v) is 3.69. The number of anilines is 1. The maximum Gasteiger partial charge on any atom is 0.357 e. The van der Waals surface area contributed by atoms with Gasteiger partial charge in [-0.3, -0.25) is 4.98 Å². The van der Waals surface area contributed by atoms with Crippen molar-refractivity contribution in [2.45, 2.75) is 0 Å². The maximum absolute atomic E-state index is 11.9. The normalized spacial score (nSPS) is 13.2. The second kappa shape index (κ2) is 8.11. The summed E-state index contributed by atoms with van der Waals surface area (Å²) in [5, 5.41) is 17.7. The average molecular weight is 445 g/mol. The predicted molar refractivity (Wildman–Crippen MR) is 120 cm³/mol. The summed E-state index contributed by atoms with van der Waals surface area (Å²) >= 11 is 0. The second-order valence-corrected chi connectivity index (χ2v) is 7.10. The number of rotatable bonds is 5. The SMILES string of the molecule is COc1cc2c(cc1-n1nc(C(=O)O)c3cnc(/C(=C/N)c4ncccn4)cc31)OCCN2. The van der Waals surface area contributed by atoms with Crippen molar-refractivity contribution in [2.75, 3.05) is 25.6 Å². The lowest BCUT2D eigenvalue weighted by Crippen LogP contribution is -2.18. The van der Waals surface area contributed by atoms with E-state index in [-0.39, 0.29) is 5.69 Å². The second-order valence-electron chi connectivity index (χ2n) is 7.10. The maximum atomic E-state index is 11.9. The molecule has 1 aliphatic rings. The van der Waals surface area contributed by atoms with E-state index < -0.39 is 5.97 Å². The summed E-state index contributed by atoms with van der Waals surface area (Å²) < 4.78 is 12.8. The van der Waals surface area contributed by atoms with Crippen molar-refractivity contribution in [1.29, 1.82) is 0 Å². The van der Waals surface area contributed by atoms with Crippen LogP contribution in [-0.2, 0) is 0 Å². The van der Waals surface area contributed by atoms with Crippen LogP contribution in [0.15, 0.2) is 49.1 Å². The molecule has 4 aromatic rings. The number of benzene rings is 1. The molecule has 11 nitrogen and oxygen atoms in total. The van der Waals surface area contributed by atoms with Gasteiger partial charge in [-0.15, -0.1) is 0 Å². The highest BCUT2D eigenvalue weighted by Gasteiger charge is 2.23. The van der Waals surface area contributed by atoms with Gasteiger partial charge in [-0.2, -0.15) is 5.10 Å². The van der Waals surface area contributed by atoms with Crippen molar-refractivity contribution in [1.82, 2.24) is 24.7 Å². The zero-order valence-electron chi connectivity index (χ0n) is 17.5. The Morgan fingerprint density at radius 3 is 2.82 bits per heavy atom. The molecule has 33 heavy (non-hydrogen) atoms. The number of hydrogen-bond donors (Lipinski definition) is 3. The molecule has 4 N–H and O–H groups in total. The number of ether oxygens (including phenoxy) is 2. The van der Waals surface area contributed by atoms with Gasteiger partial charge in [-0.05, 0) is 12.1 Å². The van der Waals surface area contributed by atoms with Gasteiger partial charge in [0.2, 0.25) is 0 Å². The third kappa shape index (κ3) is 3.45. The third-order valence-electron chi connectivity index (χ3n) is 5.20. The summed E-state index contributed by atoms with van der Waals surface area (Å²) in [5.41, 5.74) is 8.47. The van der Waals surface area contributed by atoms with Gasteiger partial charge in [0.15, 0.2) is 11.5 Å². The first-order chi connectivity index (χ1) is 16.1. The lowest BCUT2D eigenvalue weighted by Gasteiger charge is -2.21. The van der Waals surface area contributed by atoms with Crippen LogP contribution in [0.1, 0.15) is 22.0 Å². The molecule has 0 saturated heterocycles. The molecule has 166 valence electrons. The predicted octanol–water partition coefficient (Wildman–Crippen LogP) is 2.07. The Bertz CT molecular complexity index is 1400. The van der Waals surface area contributed by atoms with Crippen LogP contribution < -0.4 is 20.5 Å². The molecule has 0 spiro atoms. The van der Waals surface area contributed by atoms with Gasteiger partial charge in [0.1, 0.15) is 23.8 Å². The molecule has 0 amide bonds. The lowest BCUT2D eigenvalue weighted by atomic mass is 10.1.